The maximum absolute atomic E-state index is 12.5. The predicted molar refractivity (Wildman–Crippen MR) is 80.2 cm³/mol. The quantitative estimate of drug-likeness (QED) is 0.910. The lowest BCUT2D eigenvalue weighted by molar-refractivity contribution is 0.0929. The first-order valence-corrected chi connectivity index (χ1v) is 7.97. The fraction of sp³-hybridized carbons (Fsp3) is 0.562. The van der Waals surface area contributed by atoms with Crippen LogP contribution in [-0.4, -0.2) is 26.9 Å². The van der Waals surface area contributed by atoms with E-state index in [1.165, 1.54) is 32.1 Å². The minimum atomic E-state index is 0.000275. The zero-order valence-electron chi connectivity index (χ0n) is 12.1. The SMILES string of the molecule is O=C(NC1CCCCC1)c1ccnc2nc(C3CC3)[nH]c12. The van der Waals surface area contributed by atoms with Gasteiger partial charge < -0.3 is 10.3 Å². The molecule has 110 valence electrons. The van der Waals surface area contributed by atoms with Crippen LogP contribution in [0.4, 0.5) is 0 Å². The first kappa shape index (κ1) is 12.8. The number of H-pyrrole nitrogens is 1. The molecular weight excluding hydrogens is 264 g/mol. The second kappa shape index (κ2) is 5.13. The summed E-state index contributed by atoms with van der Waals surface area (Å²) in [6.45, 7) is 0. The lowest BCUT2D eigenvalue weighted by Crippen LogP contribution is -2.36. The van der Waals surface area contributed by atoms with Crippen molar-refractivity contribution in [1.29, 1.82) is 0 Å². The lowest BCUT2D eigenvalue weighted by atomic mass is 9.95. The Balaban J connectivity index is 1.60. The molecule has 0 bridgehead atoms. The van der Waals surface area contributed by atoms with Crippen molar-refractivity contribution in [3.05, 3.63) is 23.7 Å². The highest BCUT2D eigenvalue weighted by atomic mass is 16.1. The maximum atomic E-state index is 12.5. The van der Waals surface area contributed by atoms with Crippen LogP contribution in [0.15, 0.2) is 12.3 Å². The predicted octanol–water partition coefficient (Wildman–Crippen LogP) is 2.90. The summed E-state index contributed by atoms with van der Waals surface area (Å²) in [6, 6.07) is 2.11. The Labute approximate surface area is 123 Å². The van der Waals surface area contributed by atoms with E-state index in [2.05, 4.69) is 20.3 Å². The summed E-state index contributed by atoms with van der Waals surface area (Å²) >= 11 is 0. The van der Waals surface area contributed by atoms with Gasteiger partial charge in [0.1, 0.15) is 5.82 Å². The average molecular weight is 284 g/mol. The van der Waals surface area contributed by atoms with Crippen molar-refractivity contribution in [2.75, 3.05) is 0 Å². The molecule has 2 aliphatic rings. The van der Waals surface area contributed by atoms with Crippen LogP contribution in [0.3, 0.4) is 0 Å². The highest BCUT2D eigenvalue weighted by molar-refractivity contribution is 6.04. The summed E-state index contributed by atoms with van der Waals surface area (Å²) in [5.74, 6) is 1.52. The number of hydrogen-bond donors (Lipinski definition) is 2. The number of aromatic nitrogens is 3. The molecule has 1 amide bonds. The van der Waals surface area contributed by atoms with Gasteiger partial charge in [-0.15, -0.1) is 0 Å². The molecule has 2 aromatic rings. The largest absolute Gasteiger partial charge is 0.349 e. The number of aromatic amines is 1. The monoisotopic (exact) mass is 284 g/mol. The number of nitrogens with one attached hydrogen (secondary N) is 2. The number of hydrogen-bond acceptors (Lipinski definition) is 3. The van der Waals surface area contributed by atoms with Gasteiger partial charge in [0.05, 0.1) is 11.1 Å². The molecule has 2 fully saturated rings. The van der Waals surface area contributed by atoms with Crippen LogP contribution >= 0.6 is 0 Å². The van der Waals surface area contributed by atoms with Crippen LogP contribution in [0.5, 0.6) is 0 Å². The zero-order chi connectivity index (χ0) is 14.2. The Morgan fingerprint density at radius 2 is 2.00 bits per heavy atom. The molecule has 0 saturated heterocycles. The number of fused-ring (bicyclic) bond motifs is 1. The first-order valence-electron chi connectivity index (χ1n) is 7.97. The summed E-state index contributed by atoms with van der Waals surface area (Å²) in [5, 5.41) is 3.17. The minimum Gasteiger partial charge on any atom is -0.349 e. The lowest BCUT2D eigenvalue weighted by Gasteiger charge is -2.22. The van der Waals surface area contributed by atoms with Crippen molar-refractivity contribution in [1.82, 2.24) is 20.3 Å². The first-order chi connectivity index (χ1) is 10.3. The van der Waals surface area contributed by atoms with Crippen LogP contribution < -0.4 is 5.32 Å². The van der Waals surface area contributed by atoms with Gasteiger partial charge in [-0.05, 0) is 31.7 Å². The molecule has 2 N–H and O–H groups in total. The number of pyridine rings is 1. The molecular formula is C16H20N4O. The van der Waals surface area contributed by atoms with Gasteiger partial charge in [-0.1, -0.05) is 19.3 Å². The van der Waals surface area contributed by atoms with Crippen molar-refractivity contribution in [3.8, 4) is 0 Å². The molecule has 5 heteroatoms. The minimum absolute atomic E-state index is 0.000275. The van der Waals surface area contributed by atoms with E-state index in [0.717, 1.165) is 24.2 Å². The Bertz CT molecular complexity index is 668. The highest BCUT2D eigenvalue weighted by Crippen LogP contribution is 2.39. The number of rotatable bonds is 3. The summed E-state index contributed by atoms with van der Waals surface area (Å²) in [7, 11) is 0. The Morgan fingerprint density at radius 3 is 2.76 bits per heavy atom. The number of amides is 1. The van der Waals surface area contributed by atoms with Crippen molar-refractivity contribution in [2.24, 2.45) is 0 Å². The number of nitrogens with zero attached hydrogens (tertiary/aromatic N) is 2. The zero-order valence-corrected chi connectivity index (χ0v) is 12.1. The molecule has 0 radical (unpaired) electrons. The van der Waals surface area contributed by atoms with Crippen LogP contribution in [-0.2, 0) is 0 Å². The molecule has 2 aromatic heterocycles. The Morgan fingerprint density at radius 1 is 1.19 bits per heavy atom. The topological polar surface area (TPSA) is 70.7 Å². The molecule has 21 heavy (non-hydrogen) atoms. The van der Waals surface area contributed by atoms with Gasteiger partial charge in [-0.2, -0.15) is 0 Å². The molecule has 2 heterocycles. The van der Waals surface area contributed by atoms with Crippen molar-refractivity contribution < 1.29 is 4.79 Å². The summed E-state index contributed by atoms with van der Waals surface area (Å²) in [6.07, 6.45) is 9.95. The van der Waals surface area contributed by atoms with E-state index in [-0.39, 0.29) is 5.91 Å². The standard InChI is InChI=1S/C16H20N4O/c21-16(18-11-4-2-1-3-5-11)12-8-9-17-15-13(12)19-14(20-15)10-6-7-10/h8-11H,1-7H2,(H,18,21)(H,17,19,20). The highest BCUT2D eigenvalue weighted by Gasteiger charge is 2.28. The average Bonchev–Trinajstić information content (AvgIpc) is 3.26. The van der Waals surface area contributed by atoms with Crippen LogP contribution in [0, 0.1) is 0 Å². The summed E-state index contributed by atoms with van der Waals surface area (Å²) < 4.78 is 0. The van der Waals surface area contributed by atoms with E-state index in [1.807, 2.05) is 0 Å². The Kier molecular flexibility index (Phi) is 3.13. The van der Waals surface area contributed by atoms with Crippen LogP contribution in [0.2, 0.25) is 0 Å². The normalized spacial score (nSPS) is 19.8. The van der Waals surface area contributed by atoms with E-state index in [9.17, 15) is 4.79 Å². The molecule has 2 aliphatic carbocycles. The molecule has 0 aromatic carbocycles. The van der Waals surface area contributed by atoms with Gasteiger partial charge in [0, 0.05) is 18.2 Å². The van der Waals surface area contributed by atoms with Gasteiger partial charge in [0.2, 0.25) is 0 Å². The van der Waals surface area contributed by atoms with Crippen LogP contribution in [0.25, 0.3) is 11.2 Å². The van der Waals surface area contributed by atoms with Gasteiger partial charge in [-0.3, -0.25) is 4.79 Å². The maximum Gasteiger partial charge on any atom is 0.253 e. The van der Waals surface area contributed by atoms with Gasteiger partial charge >= 0.3 is 0 Å². The molecule has 0 spiro atoms. The molecule has 2 saturated carbocycles. The second-order valence-electron chi connectivity index (χ2n) is 6.26. The number of carbonyl (C=O) groups is 1. The van der Waals surface area contributed by atoms with E-state index in [0.29, 0.717) is 23.2 Å². The van der Waals surface area contributed by atoms with E-state index in [1.54, 1.807) is 12.3 Å². The molecule has 5 nitrogen and oxygen atoms in total. The second-order valence-corrected chi connectivity index (χ2v) is 6.26. The van der Waals surface area contributed by atoms with Gasteiger partial charge in [0.25, 0.3) is 5.91 Å². The number of imidazole rings is 1. The fourth-order valence-electron chi connectivity index (χ4n) is 3.18. The van der Waals surface area contributed by atoms with E-state index in [4.69, 9.17) is 0 Å². The van der Waals surface area contributed by atoms with E-state index < -0.39 is 0 Å². The third kappa shape index (κ3) is 2.52. The summed E-state index contributed by atoms with van der Waals surface area (Å²) in [4.78, 5) is 24.6. The summed E-state index contributed by atoms with van der Waals surface area (Å²) in [5.41, 5.74) is 2.12. The molecule has 0 aliphatic heterocycles. The van der Waals surface area contributed by atoms with Crippen molar-refractivity contribution >= 4 is 17.1 Å². The molecule has 4 rings (SSSR count). The fourth-order valence-corrected chi connectivity index (χ4v) is 3.18. The molecule has 0 unspecified atom stereocenters. The van der Waals surface area contributed by atoms with E-state index >= 15 is 0 Å². The van der Waals surface area contributed by atoms with Crippen molar-refractivity contribution in [2.45, 2.75) is 56.9 Å². The van der Waals surface area contributed by atoms with Gasteiger partial charge in [-0.25, -0.2) is 9.97 Å². The van der Waals surface area contributed by atoms with Crippen molar-refractivity contribution in [3.63, 3.8) is 0 Å². The van der Waals surface area contributed by atoms with Crippen LogP contribution in [0.1, 0.15) is 67.0 Å². The third-order valence-corrected chi connectivity index (χ3v) is 4.56. The third-order valence-electron chi connectivity index (χ3n) is 4.56. The molecule has 0 atom stereocenters. The Hall–Kier alpha value is -1.91. The number of carbonyl (C=O) groups excluding carboxylic acids is 1. The van der Waals surface area contributed by atoms with Gasteiger partial charge in [0.15, 0.2) is 5.65 Å². The smallest absolute Gasteiger partial charge is 0.253 e.